The summed E-state index contributed by atoms with van der Waals surface area (Å²) in [6, 6.07) is 6.61. The molecule has 0 saturated heterocycles. The number of halogens is 1. The number of benzene rings is 1. The third-order valence-corrected chi connectivity index (χ3v) is 5.44. The second-order valence-electron chi connectivity index (χ2n) is 6.68. The highest BCUT2D eigenvalue weighted by Crippen LogP contribution is 2.38. The highest BCUT2D eigenvalue weighted by Gasteiger charge is 2.29. The van der Waals surface area contributed by atoms with E-state index >= 15 is 0 Å². The number of pyridine rings is 1. The second kappa shape index (κ2) is 5.71. The van der Waals surface area contributed by atoms with Crippen LogP contribution in [0.4, 0.5) is 0 Å². The van der Waals surface area contributed by atoms with E-state index in [0.717, 1.165) is 34.1 Å². The molecule has 0 amide bonds. The summed E-state index contributed by atoms with van der Waals surface area (Å²) in [6.45, 7) is 3.94. The predicted octanol–water partition coefficient (Wildman–Crippen LogP) is 4.62. The third-order valence-electron chi connectivity index (χ3n) is 5.12. The first kappa shape index (κ1) is 14.3. The second-order valence-corrected chi connectivity index (χ2v) is 7.09. The van der Waals surface area contributed by atoms with Crippen LogP contribution in [0, 0.1) is 5.92 Å². The molecule has 3 nitrogen and oxygen atoms in total. The fourth-order valence-corrected chi connectivity index (χ4v) is 4.04. The van der Waals surface area contributed by atoms with Crippen LogP contribution < -0.4 is 4.74 Å². The monoisotopic (exact) mass is 316 g/mol. The SMILES string of the molecule is CC1CCC(N2COc3c(cc(Cl)c4cccnc34)C2)CC1. The van der Waals surface area contributed by atoms with E-state index in [1.54, 1.807) is 6.20 Å². The standard InChI is InChI=1S/C18H21ClN2O/c1-12-4-6-14(7-5-12)21-10-13-9-16(19)15-3-2-8-20-17(15)18(13)22-11-21/h2-3,8-9,12,14H,4-7,10-11H2,1H3. The van der Waals surface area contributed by atoms with Crippen LogP contribution in [0.2, 0.25) is 5.02 Å². The van der Waals surface area contributed by atoms with Gasteiger partial charge in [-0.2, -0.15) is 0 Å². The lowest BCUT2D eigenvalue weighted by molar-refractivity contribution is 0.0356. The van der Waals surface area contributed by atoms with Crippen LogP contribution in [0.3, 0.4) is 0 Å². The third kappa shape index (κ3) is 2.46. The lowest BCUT2D eigenvalue weighted by atomic mass is 9.86. The molecule has 0 bridgehead atoms. The normalized spacial score (nSPS) is 25.7. The molecule has 22 heavy (non-hydrogen) atoms. The maximum absolute atomic E-state index is 6.43. The summed E-state index contributed by atoms with van der Waals surface area (Å²) in [6.07, 6.45) is 7.01. The van der Waals surface area contributed by atoms with Crippen LogP contribution in [-0.2, 0) is 6.54 Å². The molecule has 1 aromatic carbocycles. The van der Waals surface area contributed by atoms with Gasteiger partial charge in [0.1, 0.15) is 12.2 Å². The van der Waals surface area contributed by atoms with Gasteiger partial charge in [-0.1, -0.05) is 18.5 Å². The highest BCUT2D eigenvalue weighted by atomic mass is 35.5. The van der Waals surface area contributed by atoms with Crippen LogP contribution in [-0.4, -0.2) is 22.7 Å². The van der Waals surface area contributed by atoms with Crippen molar-refractivity contribution in [3.05, 3.63) is 35.0 Å². The van der Waals surface area contributed by atoms with Crippen molar-refractivity contribution in [2.24, 2.45) is 5.92 Å². The van der Waals surface area contributed by atoms with E-state index < -0.39 is 0 Å². The molecule has 1 aliphatic heterocycles. The number of fused-ring (bicyclic) bond motifs is 3. The lowest BCUT2D eigenvalue weighted by Crippen LogP contribution is -2.42. The molecule has 0 spiro atoms. The van der Waals surface area contributed by atoms with Gasteiger partial charge in [0, 0.05) is 29.7 Å². The fraction of sp³-hybridized carbons (Fsp3) is 0.500. The zero-order valence-corrected chi connectivity index (χ0v) is 13.6. The van der Waals surface area contributed by atoms with Crippen LogP contribution in [0.5, 0.6) is 5.75 Å². The van der Waals surface area contributed by atoms with E-state index in [1.807, 2.05) is 12.1 Å². The molecule has 0 radical (unpaired) electrons. The van der Waals surface area contributed by atoms with Gasteiger partial charge in [-0.3, -0.25) is 9.88 Å². The first-order valence-electron chi connectivity index (χ1n) is 8.15. The molecule has 4 heteroatoms. The van der Waals surface area contributed by atoms with Gasteiger partial charge in [-0.15, -0.1) is 0 Å². The molecule has 0 unspecified atom stereocenters. The maximum Gasteiger partial charge on any atom is 0.152 e. The summed E-state index contributed by atoms with van der Waals surface area (Å²) in [5.41, 5.74) is 2.06. The van der Waals surface area contributed by atoms with Gasteiger partial charge < -0.3 is 4.74 Å². The zero-order chi connectivity index (χ0) is 15.1. The topological polar surface area (TPSA) is 25.4 Å². The Hall–Kier alpha value is -1.32. The number of aromatic nitrogens is 1. The van der Waals surface area contributed by atoms with Gasteiger partial charge in [-0.25, -0.2) is 0 Å². The lowest BCUT2D eigenvalue weighted by Gasteiger charge is -2.38. The van der Waals surface area contributed by atoms with Gasteiger partial charge in [0.05, 0.1) is 5.02 Å². The van der Waals surface area contributed by atoms with Crippen molar-refractivity contribution < 1.29 is 4.74 Å². The summed E-state index contributed by atoms with van der Waals surface area (Å²) in [5.74, 6) is 1.79. The molecular weight excluding hydrogens is 296 g/mol. The molecule has 1 aromatic heterocycles. The van der Waals surface area contributed by atoms with E-state index in [4.69, 9.17) is 16.3 Å². The average molecular weight is 317 g/mol. The average Bonchev–Trinajstić information content (AvgIpc) is 2.55. The van der Waals surface area contributed by atoms with Crippen molar-refractivity contribution in [3.8, 4) is 5.75 Å². The molecule has 1 saturated carbocycles. The van der Waals surface area contributed by atoms with Crippen LogP contribution in [0.25, 0.3) is 10.9 Å². The number of nitrogens with zero attached hydrogens (tertiary/aromatic N) is 2. The van der Waals surface area contributed by atoms with E-state index in [2.05, 4.69) is 22.9 Å². The van der Waals surface area contributed by atoms with Crippen molar-refractivity contribution in [2.45, 2.75) is 45.2 Å². The largest absolute Gasteiger partial charge is 0.475 e. The number of hydrogen-bond donors (Lipinski definition) is 0. The molecule has 2 heterocycles. The molecule has 116 valence electrons. The minimum Gasteiger partial charge on any atom is -0.475 e. The number of rotatable bonds is 1. The Morgan fingerprint density at radius 1 is 1.27 bits per heavy atom. The zero-order valence-electron chi connectivity index (χ0n) is 12.9. The van der Waals surface area contributed by atoms with Crippen molar-refractivity contribution in [1.29, 1.82) is 0 Å². The van der Waals surface area contributed by atoms with E-state index in [1.165, 1.54) is 31.2 Å². The fourth-order valence-electron chi connectivity index (χ4n) is 3.76. The molecule has 0 N–H and O–H groups in total. The molecular formula is C18H21ClN2O. The van der Waals surface area contributed by atoms with Crippen molar-refractivity contribution in [2.75, 3.05) is 6.73 Å². The summed E-state index contributed by atoms with van der Waals surface area (Å²) >= 11 is 6.43. The summed E-state index contributed by atoms with van der Waals surface area (Å²) in [7, 11) is 0. The minimum atomic E-state index is 0.641. The van der Waals surface area contributed by atoms with Crippen LogP contribution in [0.1, 0.15) is 38.2 Å². The molecule has 2 aliphatic rings. The van der Waals surface area contributed by atoms with Gasteiger partial charge in [0.25, 0.3) is 0 Å². The van der Waals surface area contributed by atoms with Crippen molar-refractivity contribution in [3.63, 3.8) is 0 Å². The van der Waals surface area contributed by atoms with Crippen LogP contribution in [0.15, 0.2) is 24.4 Å². The smallest absolute Gasteiger partial charge is 0.152 e. The first-order valence-corrected chi connectivity index (χ1v) is 8.53. The van der Waals surface area contributed by atoms with Gasteiger partial charge in [0.2, 0.25) is 0 Å². The van der Waals surface area contributed by atoms with Crippen molar-refractivity contribution >= 4 is 22.5 Å². The quantitative estimate of drug-likeness (QED) is 0.767. The maximum atomic E-state index is 6.43. The van der Waals surface area contributed by atoms with Gasteiger partial charge >= 0.3 is 0 Å². The summed E-state index contributed by atoms with van der Waals surface area (Å²) in [4.78, 5) is 6.93. The minimum absolute atomic E-state index is 0.641. The molecule has 2 aromatic rings. The summed E-state index contributed by atoms with van der Waals surface area (Å²) < 4.78 is 6.09. The molecule has 4 rings (SSSR count). The predicted molar refractivity (Wildman–Crippen MR) is 89.2 cm³/mol. The van der Waals surface area contributed by atoms with Crippen molar-refractivity contribution in [1.82, 2.24) is 9.88 Å². The number of hydrogen-bond acceptors (Lipinski definition) is 3. The Morgan fingerprint density at radius 3 is 2.91 bits per heavy atom. The van der Waals surface area contributed by atoms with Crippen LogP contribution >= 0.6 is 11.6 Å². The Balaban J connectivity index is 1.64. The highest BCUT2D eigenvalue weighted by molar-refractivity contribution is 6.35. The number of ether oxygens (including phenoxy) is 1. The van der Waals surface area contributed by atoms with E-state index in [9.17, 15) is 0 Å². The first-order chi connectivity index (χ1) is 10.7. The van der Waals surface area contributed by atoms with E-state index in [-0.39, 0.29) is 0 Å². The van der Waals surface area contributed by atoms with Gasteiger partial charge in [-0.05, 0) is 49.8 Å². The van der Waals surface area contributed by atoms with E-state index in [0.29, 0.717) is 12.8 Å². The summed E-state index contributed by atoms with van der Waals surface area (Å²) in [5, 5.41) is 1.74. The Kier molecular flexibility index (Phi) is 3.71. The Morgan fingerprint density at radius 2 is 2.09 bits per heavy atom. The van der Waals surface area contributed by atoms with Gasteiger partial charge in [0.15, 0.2) is 5.75 Å². The Labute approximate surface area is 136 Å². The molecule has 1 aliphatic carbocycles. The Bertz CT molecular complexity index is 695. The molecule has 0 atom stereocenters. The molecule has 1 fully saturated rings.